The first-order valence-corrected chi connectivity index (χ1v) is 10.1. The molecule has 2 heterocycles. The number of halogens is 3. The van der Waals surface area contributed by atoms with Crippen LogP contribution in [0.25, 0.3) is 5.57 Å². The van der Waals surface area contributed by atoms with Gasteiger partial charge in [0.05, 0.1) is 43.1 Å². The van der Waals surface area contributed by atoms with Crippen molar-refractivity contribution in [3.8, 4) is 0 Å². The second-order valence-corrected chi connectivity index (χ2v) is 7.62. The van der Waals surface area contributed by atoms with E-state index < -0.39 is 31.3 Å². The molecule has 1 aromatic rings. The lowest BCUT2D eigenvalue weighted by Crippen LogP contribution is -2.51. The van der Waals surface area contributed by atoms with Crippen LogP contribution in [-0.2, 0) is 14.3 Å². The molecular weight excluding hydrogens is 429 g/mol. The summed E-state index contributed by atoms with van der Waals surface area (Å²) in [6.07, 6.45) is -3.62. The molecule has 32 heavy (non-hydrogen) atoms. The quantitative estimate of drug-likeness (QED) is 0.690. The van der Waals surface area contributed by atoms with E-state index in [2.05, 4.69) is 4.99 Å². The number of nitrogens with two attached hydrogens (primary N) is 1. The van der Waals surface area contributed by atoms with Gasteiger partial charge in [-0.2, -0.15) is 13.2 Å². The Balaban J connectivity index is 1.91. The van der Waals surface area contributed by atoms with Crippen molar-refractivity contribution in [2.45, 2.75) is 38.5 Å². The normalized spacial score (nSPS) is 19.7. The summed E-state index contributed by atoms with van der Waals surface area (Å²) in [6, 6.07) is 4.70. The molecule has 2 aliphatic rings. The zero-order valence-electron chi connectivity index (χ0n) is 17.8. The summed E-state index contributed by atoms with van der Waals surface area (Å²) in [5.74, 6) is -0.224. The van der Waals surface area contributed by atoms with Crippen LogP contribution in [0.15, 0.2) is 29.4 Å². The summed E-state index contributed by atoms with van der Waals surface area (Å²) in [7, 11) is 0. The number of anilines is 2. The first kappa shape index (κ1) is 23.6. The molecule has 1 atom stereocenters. The molecule has 0 spiro atoms. The van der Waals surface area contributed by atoms with Gasteiger partial charge in [-0.25, -0.2) is 4.79 Å². The Morgan fingerprint density at radius 3 is 2.59 bits per heavy atom. The average Bonchev–Trinajstić information content (AvgIpc) is 2.67. The van der Waals surface area contributed by atoms with Crippen LogP contribution < -0.4 is 15.5 Å². The molecule has 1 unspecified atom stereocenters. The van der Waals surface area contributed by atoms with E-state index in [0.29, 0.717) is 35.7 Å². The Morgan fingerprint density at radius 1 is 1.31 bits per heavy atom. The maximum Gasteiger partial charge on any atom is 0.414 e. The van der Waals surface area contributed by atoms with Crippen LogP contribution >= 0.6 is 0 Å². The number of hydrogen-bond donors (Lipinski definition) is 1. The van der Waals surface area contributed by atoms with Gasteiger partial charge in [-0.1, -0.05) is 6.07 Å². The van der Waals surface area contributed by atoms with Crippen LogP contribution in [-0.4, -0.2) is 62.8 Å². The van der Waals surface area contributed by atoms with Crippen molar-refractivity contribution >= 4 is 35.2 Å². The van der Waals surface area contributed by atoms with E-state index in [9.17, 15) is 22.8 Å². The van der Waals surface area contributed by atoms with E-state index in [4.69, 9.17) is 15.2 Å². The van der Waals surface area contributed by atoms with Crippen molar-refractivity contribution in [2.75, 3.05) is 36.2 Å². The molecule has 1 fully saturated rings. The van der Waals surface area contributed by atoms with Gasteiger partial charge < -0.3 is 20.1 Å². The number of alkyl halides is 3. The predicted molar refractivity (Wildman–Crippen MR) is 114 cm³/mol. The Labute approximate surface area is 183 Å². The molecule has 0 radical (unpaired) electrons. The van der Waals surface area contributed by atoms with Gasteiger partial charge in [-0.05, 0) is 24.6 Å². The minimum absolute atomic E-state index is 0.0525. The standard InChI is InChI=1S/C21H25F3N4O4/c1-13-10-27(20(30)32-6-5-21(22,23)24)19-7-15(3-4-18(19)28(13)14(2)29)16(8-25)9-26-17-11-31-12-17/h3-4,7-9,13,17H,5-6,10-12,25H2,1-2H3. The van der Waals surface area contributed by atoms with Gasteiger partial charge in [0.15, 0.2) is 0 Å². The number of hydrogen-bond acceptors (Lipinski definition) is 6. The third-order valence-corrected chi connectivity index (χ3v) is 5.14. The lowest BCUT2D eigenvalue weighted by Gasteiger charge is -2.40. The van der Waals surface area contributed by atoms with Crippen molar-refractivity contribution in [3.05, 3.63) is 30.0 Å². The Hall–Kier alpha value is -3.08. The topological polar surface area (TPSA) is 97.5 Å². The fourth-order valence-electron chi connectivity index (χ4n) is 3.50. The average molecular weight is 454 g/mol. The number of aliphatic imine (C=N–C) groups is 1. The first-order valence-electron chi connectivity index (χ1n) is 10.1. The van der Waals surface area contributed by atoms with E-state index >= 15 is 0 Å². The number of benzene rings is 1. The molecule has 174 valence electrons. The Morgan fingerprint density at radius 2 is 2.03 bits per heavy atom. The zero-order valence-corrected chi connectivity index (χ0v) is 17.8. The van der Waals surface area contributed by atoms with E-state index in [0.717, 1.165) is 0 Å². The lowest BCUT2D eigenvalue weighted by molar-refractivity contribution is -0.141. The predicted octanol–water partition coefficient (Wildman–Crippen LogP) is 3.11. The highest BCUT2D eigenvalue weighted by Gasteiger charge is 2.35. The van der Waals surface area contributed by atoms with Crippen molar-refractivity contribution in [2.24, 2.45) is 10.7 Å². The lowest BCUT2D eigenvalue weighted by atomic mass is 10.0. The highest BCUT2D eigenvalue weighted by Crippen LogP contribution is 2.38. The largest absolute Gasteiger partial charge is 0.449 e. The highest BCUT2D eigenvalue weighted by molar-refractivity contribution is 6.11. The second-order valence-electron chi connectivity index (χ2n) is 7.62. The maximum absolute atomic E-state index is 12.6. The van der Waals surface area contributed by atoms with Crippen LogP contribution in [0.1, 0.15) is 25.8 Å². The van der Waals surface area contributed by atoms with E-state index in [1.165, 1.54) is 22.9 Å². The number of rotatable bonds is 5. The third kappa shape index (κ3) is 5.39. The summed E-state index contributed by atoms with van der Waals surface area (Å²) in [6.45, 7) is 3.48. The minimum atomic E-state index is -4.43. The fourth-order valence-corrected chi connectivity index (χ4v) is 3.50. The van der Waals surface area contributed by atoms with Crippen LogP contribution in [0.5, 0.6) is 0 Å². The van der Waals surface area contributed by atoms with Crippen molar-refractivity contribution in [1.29, 1.82) is 0 Å². The van der Waals surface area contributed by atoms with Crippen molar-refractivity contribution < 1.29 is 32.2 Å². The molecule has 2 aliphatic heterocycles. The van der Waals surface area contributed by atoms with Gasteiger partial charge in [0.25, 0.3) is 0 Å². The number of ether oxygens (including phenoxy) is 2. The molecule has 0 bridgehead atoms. The number of carbonyl (C=O) groups excluding carboxylic acids is 2. The number of amides is 2. The van der Waals surface area contributed by atoms with Crippen molar-refractivity contribution in [1.82, 2.24) is 0 Å². The molecule has 0 aromatic heterocycles. The van der Waals surface area contributed by atoms with E-state index in [1.807, 2.05) is 0 Å². The first-order chi connectivity index (χ1) is 15.1. The van der Waals surface area contributed by atoms with Gasteiger partial charge in [0.2, 0.25) is 5.91 Å². The summed E-state index contributed by atoms with van der Waals surface area (Å²) < 4.78 is 47.3. The van der Waals surface area contributed by atoms with Crippen LogP contribution in [0, 0.1) is 0 Å². The summed E-state index contributed by atoms with van der Waals surface area (Å²) >= 11 is 0. The van der Waals surface area contributed by atoms with Crippen LogP contribution in [0.2, 0.25) is 0 Å². The minimum Gasteiger partial charge on any atom is -0.449 e. The second kappa shape index (κ2) is 9.60. The monoisotopic (exact) mass is 454 g/mol. The number of carbonyl (C=O) groups is 2. The van der Waals surface area contributed by atoms with Gasteiger partial charge in [0.1, 0.15) is 6.61 Å². The SMILES string of the molecule is CC(=O)N1c2ccc(C(C=NC3COC3)=CN)cc2N(C(=O)OCCC(F)(F)F)CC1C. The molecule has 0 saturated carbocycles. The third-order valence-electron chi connectivity index (χ3n) is 5.14. The van der Waals surface area contributed by atoms with Crippen molar-refractivity contribution in [3.63, 3.8) is 0 Å². The van der Waals surface area contributed by atoms with Gasteiger partial charge in [0, 0.05) is 31.5 Å². The summed E-state index contributed by atoms with van der Waals surface area (Å²) in [5, 5.41) is 0. The molecule has 8 nitrogen and oxygen atoms in total. The molecule has 2 amide bonds. The molecule has 1 saturated heterocycles. The number of nitrogens with zero attached hydrogens (tertiary/aromatic N) is 3. The smallest absolute Gasteiger partial charge is 0.414 e. The zero-order chi connectivity index (χ0) is 23.5. The highest BCUT2D eigenvalue weighted by atomic mass is 19.4. The van der Waals surface area contributed by atoms with Gasteiger partial charge >= 0.3 is 12.3 Å². The molecule has 1 aromatic carbocycles. The summed E-state index contributed by atoms with van der Waals surface area (Å²) in [4.78, 5) is 32.0. The van der Waals surface area contributed by atoms with E-state index in [-0.39, 0.29) is 18.5 Å². The van der Waals surface area contributed by atoms with Gasteiger partial charge in [-0.15, -0.1) is 0 Å². The molecule has 2 N–H and O–H groups in total. The van der Waals surface area contributed by atoms with Crippen LogP contribution in [0.4, 0.5) is 29.3 Å². The number of fused-ring (bicyclic) bond motifs is 1. The fraction of sp³-hybridized carbons (Fsp3) is 0.476. The maximum atomic E-state index is 12.6. The molecule has 11 heteroatoms. The van der Waals surface area contributed by atoms with Crippen LogP contribution in [0.3, 0.4) is 0 Å². The number of allylic oxidation sites excluding steroid dienone is 1. The molecular formula is C21H25F3N4O4. The van der Waals surface area contributed by atoms with Gasteiger partial charge in [-0.3, -0.25) is 14.7 Å². The summed E-state index contributed by atoms with van der Waals surface area (Å²) in [5.41, 5.74) is 7.76. The Bertz CT molecular complexity index is 928. The molecule has 0 aliphatic carbocycles. The van der Waals surface area contributed by atoms with E-state index in [1.54, 1.807) is 31.3 Å². The molecule has 3 rings (SSSR count). The Kier molecular flexibility index (Phi) is 7.07.